The molecule has 1 amide bonds. The molecule has 1 aromatic rings. The van der Waals surface area contributed by atoms with E-state index in [1.807, 2.05) is 13.8 Å². The van der Waals surface area contributed by atoms with Crippen LogP contribution in [0, 0.1) is 5.92 Å². The summed E-state index contributed by atoms with van der Waals surface area (Å²) in [5.41, 5.74) is 0.103. The Hall–Kier alpha value is -1.69. The number of hydrogen-bond donors (Lipinski definition) is 2. The number of carboxylic acids is 1. The van der Waals surface area contributed by atoms with Gasteiger partial charge in [0.1, 0.15) is 11.5 Å². The molecule has 114 valence electrons. The minimum atomic E-state index is -0.880. The highest BCUT2D eigenvalue weighted by molar-refractivity contribution is 6.33. The second-order valence-corrected chi connectivity index (χ2v) is 5.94. The highest BCUT2D eigenvalue weighted by Gasteiger charge is 2.34. The first-order chi connectivity index (χ1) is 9.90. The first-order valence-corrected chi connectivity index (χ1v) is 7.34. The fourth-order valence-corrected chi connectivity index (χ4v) is 2.66. The summed E-state index contributed by atoms with van der Waals surface area (Å²) in [6.07, 6.45) is 3.43. The van der Waals surface area contributed by atoms with Crippen LogP contribution in [0.2, 0.25) is 5.02 Å². The van der Waals surface area contributed by atoms with E-state index in [1.54, 1.807) is 0 Å². The number of carbonyl (C=O) groups excluding carboxylic acids is 1. The Morgan fingerprint density at radius 2 is 2.14 bits per heavy atom. The van der Waals surface area contributed by atoms with Crippen LogP contribution in [-0.2, 0) is 4.79 Å². The van der Waals surface area contributed by atoms with Crippen molar-refractivity contribution >= 4 is 23.5 Å². The standard InChI is InChI=1S/C14H18ClN3O3/c1-7(2)12-16-6-9(15)11(18-12)13(19)17-10-5-3-4-8(10)14(20)21/h6-8,10H,3-5H2,1-2H3,(H,17,19)(H,20,21)/t8-,10+/m0/s1. The van der Waals surface area contributed by atoms with Gasteiger partial charge in [-0.15, -0.1) is 0 Å². The van der Waals surface area contributed by atoms with Gasteiger partial charge in [0.15, 0.2) is 0 Å². The predicted octanol–water partition coefficient (Wildman–Crippen LogP) is 2.24. The van der Waals surface area contributed by atoms with Crippen molar-refractivity contribution in [2.45, 2.75) is 45.1 Å². The molecule has 0 aromatic carbocycles. The molecule has 1 aromatic heterocycles. The van der Waals surface area contributed by atoms with Gasteiger partial charge >= 0.3 is 5.97 Å². The summed E-state index contributed by atoms with van der Waals surface area (Å²) >= 11 is 5.98. The zero-order chi connectivity index (χ0) is 15.6. The Labute approximate surface area is 127 Å². The van der Waals surface area contributed by atoms with E-state index in [1.165, 1.54) is 6.20 Å². The smallest absolute Gasteiger partial charge is 0.308 e. The summed E-state index contributed by atoms with van der Waals surface area (Å²) in [5.74, 6) is -1.26. The molecule has 1 aliphatic carbocycles. The van der Waals surface area contributed by atoms with E-state index < -0.39 is 17.8 Å². The number of rotatable bonds is 4. The van der Waals surface area contributed by atoms with Crippen LogP contribution in [0.1, 0.15) is 55.3 Å². The summed E-state index contributed by atoms with van der Waals surface area (Å²) < 4.78 is 0. The lowest BCUT2D eigenvalue weighted by Crippen LogP contribution is -2.40. The summed E-state index contributed by atoms with van der Waals surface area (Å²) in [6.45, 7) is 3.84. The molecule has 6 nitrogen and oxygen atoms in total. The number of aliphatic carboxylic acids is 1. The van der Waals surface area contributed by atoms with E-state index >= 15 is 0 Å². The number of amides is 1. The van der Waals surface area contributed by atoms with Gasteiger partial charge in [-0.05, 0) is 12.8 Å². The van der Waals surface area contributed by atoms with Gasteiger partial charge in [-0.3, -0.25) is 9.59 Å². The molecule has 0 aliphatic heterocycles. The van der Waals surface area contributed by atoms with E-state index in [2.05, 4.69) is 15.3 Å². The summed E-state index contributed by atoms with van der Waals surface area (Å²) in [7, 11) is 0. The van der Waals surface area contributed by atoms with Crippen LogP contribution < -0.4 is 5.32 Å². The van der Waals surface area contributed by atoms with Crippen LogP contribution in [0.25, 0.3) is 0 Å². The van der Waals surface area contributed by atoms with Gasteiger partial charge in [0.25, 0.3) is 5.91 Å². The average molecular weight is 312 g/mol. The van der Waals surface area contributed by atoms with Crippen LogP contribution in [-0.4, -0.2) is 33.0 Å². The average Bonchev–Trinajstić information content (AvgIpc) is 2.87. The van der Waals surface area contributed by atoms with Crippen molar-refractivity contribution in [2.75, 3.05) is 0 Å². The van der Waals surface area contributed by atoms with Gasteiger partial charge in [0.2, 0.25) is 0 Å². The molecule has 21 heavy (non-hydrogen) atoms. The van der Waals surface area contributed by atoms with E-state index in [0.29, 0.717) is 18.7 Å². The van der Waals surface area contributed by atoms with Crippen LogP contribution in [0.3, 0.4) is 0 Å². The molecule has 0 radical (unpaired) electrons. The van der Waals surface area contributed by atoms with Gasteiger partial charge in [0.05, 0.1) is 17.1 Å². The first kappa shape index (κ1) is 15.7. The Morgan fingerprint density at radius 3 is 2.76 bits per heavy atom. The Bertz CT molecular complexity index is 562. The quantitative estimate of drug-likeness (QED) is 0.889. The highest BCUT2D eigenvalue weighted by atomic mass is 35.5. The molecule has 0 unspecified atom stereocenters. The molecule has 2 rings (SSSR count). The van der Waals surface area contributed by atoms with Crippen molar-refractivity contribution < 1.29 is 14.7 Å². The van der Waals surface area contributed by atoms with E-state index in [4.69, 9.17) is 16.7 Å². The Kier molecular flexibility index (Phi) is 4.77. The lowest BCUT2D eigenvalue weighted by molar-refractivity contribution is -0.142. The topological polar surface area (TPSA) is 92.2 Å². The third kappa shape index (κ3) is 3.50. The van der Waals surface area contributed by atoms with Gasteiger partial charge in [-0.1, -0.05) is 31.9 Å². The normalized spacial score (nSPS) is 21.5. The van der Waals surface area contributed by atoms with Gasteiger partial charge in [0, 0.05) is 12.0 Å². The number of hydrogen-bond acceptors (Lipinski definition) is 4. The van der Waals surface area contributed by atoms with Crippen LogP contribution in [0.4, 0.5) is 0 Å². The molecular formula is C14H18ClN3O3. The predicted molar refractivity (Wildman–Crippen MR) is 77.4 cm³/mol. The molecule has 0 saturated heterocycles. The maximum absolute atomic E-state index is 12.3. The van der Waals surface area contributed by atoms with Crippen molar-refractivity contribution in [1.29, 1.82) is 0 Å². The SMILES string of the molecule is CC(C)c1ncc(Cl)c(C(=O)N[C@@H]2CCC[C@@H]2C(=O)O)n1. The molecule has 0 spiro atoms. The van der Waals surface area contributed by atoms with Gasteiger partial charge in [-0.2, -0.15) is 0 Å². The maximum Gasteiger partial charge on any atom is 0.308 e. The Balaban J connectivity index is 2.17. The van der Waals surface area contributed by atoms with E-state index in [9.17, 15) is 9.59 Å². The number of carboxylic acid groups (broad SMARTS) is 1. The highest BCUT2D eigenvalue weighted by Crippen LogP contribution is 2.26. The van der Waals surface area contributed by atoms with Crippen LogP contribution in [0.5, 0.6) is 0 Å². The number of nitrogens with zero attached hydrogens (tertiary/aromatic N) is 2. The molecule has 1 aliphatic rings. The van der Waals surface area contributed by atoms with Crippen molar-refractivity contribution in [3.05, 3.63) is 22.7 Å². The zero-order valence-corrected chi connectivity index (χ0v) is 12.7. The number of halogens is 1. The summed E-state index contributed by atoms with van der Waals surface area (Å²) in [6, 6.07) is -0.372. The number of nitrogens with one attached hydrogen (secondary N) is 1. The fraction of sp³-hybridized carbons (Fsp3) is 0.571. The van der Waals surface area contributed by atoms with Crippen LogP contribution in [0.15, 0.2) is 6.20 Å². The lowest BCUT2D eigenvalue weighted by Gasteiger charge is -2.18. The Morgan fingerprint density at radius 1 is 1.43 bits per heavy atom. The van der Waals surface area contributed by atoms with Gasteiger partial charge in [-0.25, -0.2) is 9.97 Å². The third-order valence-electron chi connectivity index (χ3n) is 3.64. The first-order valence-electron chi connectivity index (χ1n) is 6.96. The molecule has 2 N–H and O–H groups in total. The molecule has 2 atom stereocenters. The summed E-state index contributed by atoms with van der Waals surface area (Å²) in [4.78, 5) is 31.7. The third-order valence-corrected chi connectivity index (χ3v) is 3.92. The van der Waals surface area contributed by atoms with Crippen molar-refractivity contribution in [3.8, 4) is 0 Å². The summed E-state index contributed by atoms with van der Waals surface area (Å²) in [5, 5.41) is 12.0. The molecular weight excluding hydrogens is 294 g/mol. The second-order valence-electron chi connectivity index (χ2n) is 5.54. The number of carbonyl (C=O) groups is 2. The minimum absolute atomic E-state index is 0.0760. The fourth-order valence-electron chi connectivity index (χ4n) is 2.48. The van der Waals surface area contributed by atoms with Gasteiger partial charge < -0.3 is 10.4 Å². The minimum Gasteiger partial charge on any atom is -0.481 e. The molecule has 1 heterocycles. The second kappa shape index (κ2) is 6.39. The van der Waals surface area contributed by atoms with Crippen LogP contribution >= 0.6 is 11.6 Å². The van der Waals surface area contributed by atoms with Crippen molar-refractivity contribution in [3.63, 3.8) is 0 Å². The largest absolute Gasteiger partial charge is 0.481 e. The number of aromatic nitrogens is 2. The maximum atomic E-state index is 12.3. The van der Waals surface area contributed by atoms with Crippen molar-refractivity contribution in [2.24, 2.45) is 5.92 Å². The zero-order valence-electron chi connectivity index (χ0n) is 12.0. The van der Waals surface area contributed by atoms with Crippen molar-refractivity contribution in [1.82, 2.24) is 15.3 Å². The van der Waals surface area contributed by atoms with E-state index in [0.717, 1.165) is 6.42 Å². The van der Waals surface area contributed by atoms with E-state index in [-0.39, 0.29) is 22.7 Å². The monoisotopic (exact) mass is 311 g/mol. The molecule has 1 fully saturated rings. The lowest BCUT2D eigenvalue weighted by atomic mass is 10.0. The molecule has 0 bridgehead atoms. The molecule has 7 heteroatoms. The molecule has 1 saturated carbocycles.